The van der Waals surface area contributed by atoms with Crippen molar-refractivity contribution in [1.82, 2.24) is 4.90 Å². The Balaban J connectivity index is 2.37. The zero-order valence-corrected chi connectivity index (χ0v) is 11.6. The molecule has 3 heteroatoms. The molecule has 2 unspecified atom stereocenters. The first-order chi connectivity index (χ1) is 8.69. The van der Waals surface area contributed by atoms with Crippen molar-refractivity contribution in [1.29, 1.82) is 0 Å². The highest BCUT2D eigenvalue weighted by atomic mass is 16.5. The van der Waals surface area contributed by atoms with E-state index in [4.69, 9.17) is 10.5 Å². The van der Waals surface area contributed by atoms with Crippen molar-refractivity contribution in [3.8, 4) is 5.75 Å². The number of hydrogen-bond acceptors (Lipinski definition) is 3. The number of methoxy groups -OCH3 is 1. The maximum absolute atomic E-state index is 5.95. The third-order valence-corrected chi connectivity index (χ3v) is 3.99. The van der Waals surface area contributed by atoms with Crippen LogP contribution in [0.1, 0.15) is 31.9 Å². The summed E-state index contributed by atoms with van der Waals surface area (Å²) in [5, 5.41) is 0. The second kappa shape index (κ2) is 5.72. The van der Waals surface area contributed by atoms with Crippen molar-refractivity contribution < 1.29 is 4.74 Å². The lowest BCUT2D eigenvalue weighted by Crippen LogP contribution is -2.33. The number of ether oxygens (including phenoxy) is 1. The van der Waals surface area contributed by atoms with Crippen molar-refractivity contribution >= 4 is 0 Å². The highest BCUT2D eigenvalue weighted by Gasteiger charge is 2.36. The normalized spacial score (nSPS) is 24.7. The van der Waals surface area contributed by atoms with Gasteiger partial charge in [0.25, 0.3) is 0 Å². The quantitative estimate of drug-likeness (QED) is 0.889. The van der Waals surface area contributed by atoms with E-state index in [1.807, 2.05) is 12.1 Å². The Morgan fingerprint density at radius 1 is 1.39 bits per heavy atom. The van der Waals surface area contributed by atoms with Gasteiger partial charge in [0.1, 0.15) is 5.75 Å². The van der Waals surface area contributed by atoms with Crippen LogP contribution in [0.3, 0.4) is 0 Å². The van der Waals surface area contributed by atoms with E-state index in [1.165, 1.54) is 12.0 Å². The lowest BCUT2D eigenvalue weighted by molar-refractivity contribution is 0.181. The van der Waals surface area contributed by atoms with E-state index in [1.54, 1.807) is 7.11 Å². The fourth-order valence-corrected chi connectivity index (χ4v) is 3.05. The smallest absolute Gasteiger partial charge is 0.123 e. The fraction of sp³-hybridized carbons (Fsp3) is 0.600. The van der Waals surface area contributed by atoms with E-state index in [0.717, 1.165) is 18.8 Å². The molecule has 2 rings (SSSR count). The molecule has 0 amide bonds. The van der Waals surface area contributed by atoms with Crippen LogP contribution in [0, 0.1) is 5.92 Å². The van der Waals surface area contributed by atoms with Gasteiger partial charge in [0.2, 0.25) is 0 Å². The highest BCUT2D eigenvalue weighted by molar-refractivity contribution is 5.37. The van der Waals surface area contributed by atoms with E-state index >= 15 is 0 Å². The largest absolute Gasteiger partial charge is 0.496 e. The van der Waals surface area contributed by atoms with Gasteiger partial charge in [0, 0.05) is 17.6 Å². The Morgan fingerprint density at radius 2 is 2.11 bits per heavy atom. The minimum atomic E-state index is 0.395. The zero-order chi connectivity index (χ0) is 13.1. The molecule has 0 spiro atoms. The Hall–Kier alpha value is -1.06. The Labute approximate surface area is 110 Å². The van der Waals surface area contributed by atoms with Crippen LogP contribution < -0.4 is 10.5 Å². The molecule has 0 aliphatic carbocycles. The van der Waals surface area contributed by atoms with Gasteiger partial charge in [-0.05, 0) is 45.3 Å². The molecule has 1 fully saturated rings. The summed E-state index contributed by atoms with van der Waals surface area (Å²) in [6, 6.07) is 9.26. The Kier molecular flexibility index (Phi) is 4.25. The number of hydrogen-bond donors (Lipinski definition) is 1. The molecular formula is C15H24N2O. The molecule has 2 atom stereocenters. The van der Waals surface area contributed by atoms with Crippen LogP contribution in [0.4, 0.5) is 0 Å². The minimum absolute atomic E-state index is 0.395. The van der Waals surface area contributed by atoms with E-state index in [0.29, 0.717) is 18.0 Å². The van der Waals surface area contributed by atoms with Crippen LogP contribution >= 0.6 is 0 Å². The predicted molar refractivity (Wildman–Crippen MR) is 74.7 cm³/mol. The van der Waals surface area contributed by atoms with Crippen LogP contribution in [-0.4, -0.2) is 31.1 Å². The van der Waals surface area contributed by atoms with Crippen molar-refractivity contribution in [2.75, 3.05) is 20.2 Å². The summed E-state index contributed by atoms with van der Waals surface area (Å²) in [6.07, 6.45) is 1.18. The van der Waals surface area contributed by atoms with Gasteiger partial charge >= 0.3 is 0 Å². The number of nitrogens with two attached hydrogens (primary N) is 1. The summed E-state index contributed by atoms with van der Waals surface area (Å²) < 4.78 is 5.51. The molecule has 1 aliphatic rings. The van der Waals surface area contributed by atoms with Crippen LogP contribution in [0.15, 0.2) is 24.3 Å². The Morgan fingerprint density at radius 3 is 2.72 bits per heavy atom. The number of likely N-dealkylation sites (tertiary alicyclic amines) is 1. The number of rotatable bonds is 4. The van der Waals surface area contributed by atoms with Gasteiger partial charge in [-0.25, -0.2) is 0 Å². The number of para-hydroxylation sites is 1. The second-order valence-electron chi connectivity index (χ2n) is 5.30. The van der Waals surface area contributed by atoms with Crippen LogP contribution in [0.25, 0.3) is 0 Å². The molecule has 100 valence electrons. The molecule has 0 radical (unpaired) electrons. The maximum atomic E-state index is 5.95. The minimum Gasteiger partial charge on any atom is -0.496 e. The van der Waals surface area contributed by atoms with Crippen LogP contribution in [-0.2, 0) is 0 Å². The van der Waals surface area contributed by atoms with Gasteiger partial charge in [0.05, 0.1) is 7.11 Å². The maximum Gasteiger partial charge on any atom is 0.123 e. The van der Waals surface area contributed by atoms with E-state index in [2.05, 4.69) is 30.9 Å². The average Bonchev–Trinajstić information content (AvgIpc) is 2.82. The van der Waals surface area contributed by atoms with Crippen molar-refractivity contribution in [2.24, 2.45) is 11.7 Å². The lowest BCUT2D eigenvalue weighted by Gasteiger charge is -2.32. The molecule has 2 N–H and O–H groups in total. The van der Waals surface area contributed by atoms with Crippen LogP contribution in [0.5, 0.6) is 5.75 Å². The molecule has 1 saturated heterocycles. The van der Waals surface area contributed by atoms with Crippen LogP contribution in [0.2, 0.25) is 0 Å². The molecule has 1 aliphatic heterocycles. The zero-order valence-electron chi connectivity index (χ0n) is 11.6. The summed E-state index contributed by atoms with van der Waals surface area (Å²) in [7, 11) is 1.74. The first-order valence-electron chi connectivity index (χ1n) is 6.77. The van der Waals surface area contributed by atoms with Crippen molar-refractivity contribution in [2.45, 2.75) is 32.4 Å². The summed E-state index contributed by atoms with van der Waals surface area (Å²) >= 11 is 0. The monoisotopic (exact) mass is 248 g/mol. The third-order valence-electron chi connectivity index (χ3n) is 3.99. The molecule has 3 nitrogen and oxygen atoms in total. The third kappa shape index (κ3) is 2.38. The number of nitrogens with zero attached hydrogens (tertiary/aromatic N) is 1. The molecule has 0 aromatic heterocycles. The number of benzene rings is 1. The molecule has 18 heavy (non-hydrogen) atoms. The van der Waals surface area contributed by atoms with E-state index in [-0.39, 0.29) is 0 Å². The van der Waals surface area contributed by atoms with Gasteiger partial charge in [-0.15, -0.1) is 0 Å². The van der Waals surface area contributed by atoms with Gasteiger partial charge in [0.15, 0.2) is 0 Å². The molecule has 0 bridgehead atoms. The molecule has 1 aromatic carbocycles. The van der Waals surface area contributed by atoms with Crippen molar-refractivity contribution in [3.63, 3.8) is 0 Å². The predicted octanol–water partition coefficient (Wildman–Crippen LogP) is 2.43. The summed E-state index contributed by atoms with van der Waals surface area (Å²) in [5.41, 5.74) is 7.23. The molecular weight excluding hydrogens is 224 g/mol. The van der Waals surface area contributed by atoms with Gasteiger partial charge < -0.3 is 10.5 Å². The van der Waals surface area contributed by atoms with Gasteiger partial charge in [-0.3, -0.25) is 4.90 Å². The lowest BCUT2D eigenvalue weighted by atomic mass is 9.92. The first kappa shape index (κ1) is 13.4. The summed E-state index contributed by atoms with van der Waals surface area (Å²) in [5.74, 6) is 1.51. The average molecular weight is 248 g/mol. The second-order valence-corrected chi connectivity index (χ2v) is 5.30. The van der Waals surface area contributed by atoms with Gasteiger partial charge in [-0.1, -0.05) is 18.2 Å². The summed E-state index contributed by atoms with van der Waals surface area (Å²) in [4.78, 5) is 2.54. The molecule has 0 saturated carbocycles. The van der Waals surface area contributed by atoms with Crippen molar-refractivity contribution in [3.05, 3.63) is 29.8 Å². The highest BCUT2D eigenvalue weighted by Crippen LogP contribution is 2.41. The van der Waals surface area contributed by atoms with E-state index < -0.39 is 0 Å². The first-order valence-corrected chi connectivity index (χ1v) is 6.77. The SMILES string of the molecule is COc1ccccc1C1C(CN)CCN1C(C)C. The van der Waals surface area contributed by atoms with E-state index in [9.17, 15) is 0 Å². The Bertz CT molecular complexity index is 392. The fourth-order valence-electron chi connectivity index (χ4n) is 3.05. The summed E-state index contributed by atoms with van der Waals surface area (Å²) in [6.45, 7) is 6.37. The standard InChI is InChI=1S/C15H24N2O/c1-11(2)17-9-8-12(10-16)15(17)13-6-4-5-7-14(13)18-3/h4-7,11-12,15H,8-10,16H2,1-3H3. The molecule has 1 heterocycles. The molecule has 1 aromatic rings. The van der Waals surface area contributed by atoms with Gasteiger partial charge in [-0.2, -0.15) is 0 Å². The topological polar surface area (TPSA) is 38.5 Å².